The Kier molecular flexibility index (Phi) is 2.95. The summed E-state index contributed by atoms with van der Waals surface area (Å²) in [6.45, 7) is 0. The highest BCUT2D eigenvalue weighted by Gasteiger charge is 2.51. The smallest absolute Gasteiger partial charge is 0.338 e. The van der Waals surface area contributed by atoms with Gasteiger partial charge in [-0.05, 0) is 68.4 Å². The maximum atomic E-state index is 11.7. The number of nitrogens with one attached hydrogen (secondary N) is 1. The lowest BCUT2D eigenvalue weighted by Crippen LogP contribution is -2.54. The number of nitrogens with zero attached hydrogens (tertiary/aromatic N) is 1. The first kappa shape index (κ1) is 13.1. The molecule has 0 unspecified atom stereocenters. The molecule has 0 amide bonds. The number of ether oxygens (including phenoxy) is 1. The first-order chi connectivity index (χ1) is 10.2. The van der Waals surface area contributed by atoms with Gasteiger partial charge in [0.15, 0.2) is 0 Å². The summed E-state index contributed by atoms with van der Waals surface area (Å²) in [5.41, 5.74) is 0.788. The van der Waals surface area contributed by atoms with Gasteiger partial charge in [0.05, 0.1) is 12.7 Å². The van der Waals surface area contributed by atoms with E-state index in [2.05, 4.69) is 10.3 Å². The van der Waals surface area contributed by atoms with Crippen molar-refractivity contribution in [2.45, 2.75) is 44.1 Å². The normalized spacial score (nSPS) is 36.5. The van der Waals surface area contributed by atoms with Gasteiger partial charge in [0.25, 0.3) is 0 Å². The molecule has 0 saturated heterocycles. The summed E-state index contributed by atoms with van der Waals surface area (Å²) in [4.78, 5) is 16.1. The predicted molar refractivity (Wildman–Crippen MR) is 80.1 cm³/mol. The zero-order chi connectivity index (χ0) is 14.4. The van der Waals surface area contributed by atoms with Gasteiger partial charge < -0.3 is 10.1 Å². The number of hydrogen-bond donors (Lipinski definition) is 1. The minimum atomic E-state index is -0.300. The molecule has 0 atom stereocenters. The highest BCUT2D eigenvalue weighted by molar-refractivity contribution is 5.90. The average Bonchev–Trinajstić information content (AvgIpc) is 2.44. The number of rotatable bonds is 3. The quantitative estimate of drug-likeness (QED) is 0.867. The molecule has 1 aromatic heterocycles. The lowest BCUT2D eigenvalue weighted by Gasteiger charge is -2.57. The van der Waals surface area contributed by atoms with Gasteiger partial charge in [-0.25, -0.2) is 9.78 Å². The van der Waals surface area contributed by atoms with Crippen LogP contribution in [0.4, 0.5) is 5.82 Å². The molecule has 4 heteroatoms. The van der Waals surface area contributed by atoms with Gasteiger partial charge in [0.2, 0.25) is 0 Å². The molecule has 4 nitrogen and oxygen atoms in total. The van der Waals surface area contributed by atoms with Crippen LogP contribution in [0.1, 0.15) is 48.9 Å². The van der Waals surface area contributed by atoms with E-state index in [0.29, 0.717) is 5.56 Å². The number of carbonyl (C=O) groups excluding carboxylic acids is 1. The van der Waals surface area contributed by atoms with Crippen LogP contribution < -0.4 is 5.32 Å². The average molecular weight is 286 g/mol. The standard InChI is InChI=1S/C17H22N2O2/c1-21-16(20)14-2-3-18-15(7-14)19-17-8-11-4-12(9-17)6-13(5-11)10-17/h2-3,7,11-13H,4-6,8-10H2,1H3,(H,18,19). The summed E-state index contributed by atoms with van der Waals surface area (Å²) in [5, 5.41) is 3.69. The Balaban J connectivity index is 1.57. The van der Waals surface area contributed by atoms with Crippen molar-refractivity contribution in [3.63, 3.8) is 0 Å². The van der Waals surface area contributed by atoms with Gasteiger partial charge in [-0.2, -0.15) is 0 Å². The fourth-order valence-corrected chi connectivity index (χ4v) is 5.28. The molecule has 1 aromatic rings. The van der Waals surface area contributed by atoms with Crippen LogP contribution in [0.15, 0.2) is 18.3 Å². The van der Waals surface area contributed by atoms with E-state index in [-0.39, 0.29) is 11.5 Å². The number of pyridine rings is 1. The van der Waals surface area contributed by atoms with E-state index >= 15 is 0 Å². The van der Waals surface area contributed by atoms with Crippen LogP contribution in [0, 0.1) is 17.8 Å². The topological polar surface area (TPSA) is 51.2 Å². The minimum Gasteiger partial charge on any atom is -0.465 e. The van der Waals surface area contributed by atoms with Gasteiger partial charge in [0, 0.05) is 11.7 Å². The minimum absolute atomic E-state index is 0.219. The Morgan fingerprint density at radius 1 is 1.24 bits per heavy atom. The highest BCUT2D eigenvalue weighted by atomic mass is 16.5. The first-order valence-corrected chi connectivity index (χ1v) is 7.98. The molecule has 4 bridgehead atoms. The third kappa shape index (κ3) is 2.30. The molecule has 4 aliphatic rings. The van der Waals surface area contributed by atoms with Crippen molar-refractivity contribution in [3.05, 3.63) is 23.9 Å². The largest absolute Gasteiger partial charge is 0.465 e. The van der Waals surface area contributed by atoms with Crippen molar-refractivity contribution in [1.29, 1.82) is 0 Å². The molecule has 1 N–H and O–H groups in total. The number of anilines is 1. The lowest BCUT2D eigenvalue weighted by molar-refractivity contribution is 0.0105. The van der Waals surface area contributed by atoms with Gasteiger partial charge >= 0.3 is 5.97 Å². The fourth-order valence-electron chi connectivity index (χ4n) is 5.28. The molecule has 0 spiro atoms. The summed E-state index contributed by atoms with van der Waals surface area (Å²) in [7, 11) is 1.41. The van der Waals surface area contributed by atoms with Crippen molar-refractivity contribution in [3.8, 4) is 0 Å². The maximum Gasteiger partial charge on any atom is 0.338 e. The van der Waals surface area contributed by atoms with Crippen molar-refractivity contribution in [2.75, 3.05) is 12.4 Å². The third-order valence-corrected chi connectivity index (χ3v) is 5.61. The molecule has 0 aliphatic heterocycles. The molecule has 4 aliphatic carbocycles. The lowest BCUT2D eigenvalue weighted by atomic mass is 9.53. The number of hydrogen-bond acceptors (Lipinski definition) is 4. The predicted octanol–water partition coefficient (Wildman–Crippen LogP) is 3.25. The van der Waals surface area contributed by atoms with Crippen LogP contribution in [-0.4, -0.2) is 23.6 Å². The Hall–Kier alpha value is -1.58. The number of aromatic nitrogens is 1. The second-order valence-electron chi connectivity index (χ2n) is 7.24. The Morgan fingerprint density at radius 3 is 2.43 bits per heavy atom. The van der Waals surface area contributed by atoms with E-state index in [0.717, 1.165) is 23.6 Å². The van der Waals surface area contributed by atoms with Gasteiger partial charge in [0.1, 0.15) is 5.82 Å². The molecular formula is C17H22N2O2. The molecular weight excluding hydrogens is 264 g/mol. The van der Waals surface area contributed by atoms with Crippen LogP contribution in [0.5, 0.6) is 0 Å². The maximum absolute atomic E-state index is 11.7. The van der Waals surface area contributed by atoms with Crippen LogP contribution in [0.25, 0.3) is 0 Å². The molecule has 4 fully saturated rings. The second kappa shape index (κ2) is 4.72. The molecule has 0 aromatic carbocycles. The molecule has 5 rings (SSSR count). The van der Waals surface area contributed by atoms with E-state index in [1.54, 1.807) is 12.3 Å². The summed E-state index contributed by atoms with van der Waals surface area (Å²) in [6.07, 6.45) is 9.77. The number of methoxy groups -OCH3 is 1. The second-order valence-corrected chi connectivity index (χ2v) is 7.24. The van der Waals surface area contributed by atoms with E-state index in [1.165, 1.54) is 45.6 Å². The molecule has 0 radical (unpaired) electrons. The molecule has 112 valence electrons. The van der Waals surface area contributed by atoms with Crippen LogP contribution in [0.2, 0.25) is 0 Å². The zero-order valence-electron chi connectivity index (χ0n) is 12.5. The Bertz CT molecular complexity index is 534. The third-order valence-electron chi connectivity index (χ3n) is 5.61. The number of carbonyl (C=O) groups is 1. The van der Waals surface area contributed by atoms with Crippen molar-refractivity contribution in [2.24, 2.45) is 17.8 Å². The first-order valence-electron chi connectivity index (χ1n) is 7.98. The number of esters is 1. The monoisotopic (exact) mass is 286 g/mol. The van der Waals surface area contributed by atoms with E-state index < -0.39 is 0 Å². The SMILES string of the molecule is COC(=O)c1ccnc(NC23CC4CC(CC(C4)C2)C3)c1. The van der Waals surface area contributed by atoms with Crippen LogP contribution in [0.3, 0.4) is 0 Å². The van der Waals surface area contributed by atoms with Gasteiger partial charge in [-0.15, -0.1) is 0 Å². The Labute approximate surface area is 125 Å². The summed E-state index contributed by atoms with van der Waals surface area (Å²) >= 11 is 0. The van der Waals surface area contributed by atoms with E-state index in [1.807, 2.05) is 6.07 Å². The van der Waals surface area contributed by atoms with Crippen molar-refractivity contribution in [1.82, 2.24) is 4.98 Å². The molecule has 4 saturated carbocycles. The van der Waals surface area contributed by atoms with Crippen LogP contribution >= 0.6 is 0 Å². The van der Waals surface area contributed by atoms with Gasteiger partial charge in [-0.1, -0.05) is 0 Å². The summed E-state index contributed by atoms with van der Waals surface area (Å²) in [6, 6.07) is 3.53. The highest BCUT2D eigenvalue weighted by Crippen LogP contribution is 2.56. The van der Waals surface area contributed by atoms with Crippen molar-refractivity contribution >= 4 is 11.8 Å². The van der Waals surface area contributed by atoms with E-state index in [9.17, 15) is 4.79 Å². The van der Waals surface area contributed by atoms with Crippen LogP contribution in [-0.2, 0) is 4.74 Å². The van der Waals surface area contributed by atoms with Crippen molar-refractivity contribution < 1.29 is 9.53 Å². The summed E-state index contributed by atoms with van der Waals surface area (Å²) in [5.74, 6) is 3.21. The molecule has 1 heterocycles. The van der Waals surface area contributed by atoms with Gasteiger partial charge in [-0.3, -0.25) is 0 Å². The zero-order valence-corrected chi connectivity index (χ0v) is 12.5. The Morgan fingerprint density at radius 2 is 1.86 bits per heavy atom. The summed E-state index contributed by atoms with van der Waals surface area (Å²) < 4.78 is 4.79. The fraction of sp³-hybridized carbons (Fsp3) is 0.647. The van der Waals surface area contributed by atoms with E-state index in [4.69, 9.17) is 4.74 Å². The molecule has 21 heavy (non-hydrogen) atoms.